The zero-order chi connectivity index (χ0) is 22.5. The van der Waals surface area contributed by atoms with E-state index in [2.05, 4.69) is 51.5 Å². The van der Waals surface area contributed by atoms with Crippen molar-refractivity contribution in [2.24, 2.45) is 0 Å². The van der Waals surface area contributed by atoms with Crippen molar-refractivity contribution in [1.29, 1.82) is 0 Å². The molecule has 0 spiro atoms. The summed E-state index contributed by atoms with van der Waals surface area (Å²) in [5.41, 5.74) is 4.70. The van der Waals surface area contributed by atoms with Crippen molar-refractivity contribution in [3.63, 3.8) is 0 Å². The number of likely N-dealkylation sites (N-methyl/N-ethyl adjacent to an activating group) is 1. The molecule has 1 saturated heterocycles. The molecule has 0 bridgehead atoms. The van der Waals surface area contributed by atoms with Crippen molar-refractivity contribution >= 4 is 17.5 Å². The average Bonchev–Trinajstić information content (AvgIpc) is 3.24. The maximum absolute atomic E-state index is 12.9. The molecule has 1 fully saturated rings. The van der Waals surface area contributed by atoms with E-state index >= 15 is 0 Å². The van der Waals surface area contributed by atoms with Crippen LogP contribution in [0.15, 0.2) is 54.7 Å². The number of hydrogen-bond donors (Lipinski definition) is 1. The van der Waals surface area contributed by atoms with E-state index in [0.717, 1.165) is 49.7 Å². The molecule has 1 aliphatic rings. The topological polar surface area (TPSA) is 53.4 Å². The number of carbonyl (C=O) groups is 1. The van der Waals surface area contributed by atoms with E-state index < -0.39 is 0 Å². The number of amides is 1. The molecule has 168 valence electrons. The molecule has 3 aromatic rings. The van der Waals surface area contributed by atoms with Gasteiger partial charge in [-0.1, -0.05) is 48.9 Å². The number of aromatic nitrogens is 2. The highest BCUT2D eigenvalue weighted by Gasteiger charge is 2.18. The number of halogens is 1. The van der Waals surface area contributed by atoms with E-state index in [4.69, 9.17) is 11.6 Å². The standard InChI is InChI=1S/C25H30ClN5O/c1-3-24-23(17-28-31(24)22-9-5-8-21(26)15-22)25(32)27-16-19-6-4-7-20(14-19)18-30-12-10-29(2)11-13-30/h4-9,14-15,17H,3,10-13,16,18H2,1-2H3,(H,27,32). The fourth-order valence-corrected chi connectivity index (χ4v) is 4.30. The Morgan fingerprint density at radius 2 is 1.81 bits per heavy atom. The van der Waals surface area contributed by atoms with Gasteiger partial charge in [-0.3, -0.25) is 9.69 Å². The Balaban J connectivity index is 1.41. The van der Waals surface area contributed by atoms with Crippen LogP contribution >= 0.6 is 11.6 Å². The zero-order valence-corrected chi connectivity index (χ0v) is 19.5. The second kappa shape index (κ2) is 10.3. The first-order valence-corrected chi connectivity index (χ1v) is 11.5. The Hall–Kier alpha value is -2.67. The third-order valence-electron chi connectivity index (χ3n) is 5.95. The Labute approximate surface area is 194 Å². The van der Waals surface area contributed by atoms with Crippen LogP contribution in [0.2, 0.25) is 5.02 Å². The molecule has 7 heteroatoms. The van der Waals surface area contributed by atoms with Crippen LogP contribution < -0.4 is 5.32 Å². The second-order valence-corrected chi connectivity index (χ2v) is 8.77. The molecular formula is C25H30ClN5O. The van der Waals surface area contributed by atoms with Gasteiger partial charge in [0, 0.05) is 44.3 Å². The number of carbonyl (C=O) groups excluding carboxylic acids is 1. The predicted molar refractivity (Wildman–Crippen MR) is 128 cm³/mol. The third-order valence-corrected chi connectivity index (χ3v) is 6.18. The smallest absolute Gasteiger partial charge is 0.255 e. The molecule has 1 amide bonds. The maximum atomic E-state index is 12.9. The van der Waals surface area contributed by atoms with Crippen molar-refractivity contribution in [3.8, 4) is 5.69 Å². The van der Waals surface area contributed by atoms with Crippen molar-refractivity contribution in [3.05, 3.63) is 82.1 Å². The van der Waals surface area contributed by atoms with Crippen LogP contribution in [0.5, 0.6) is 0 Å². The molecule has 0 radical (unpaired) electrons. The summed E-state index contributed by atoms with van der Waals surface area (Å²) in [6.07, 6.45) is 2.33. The van der Waals surface area contributed by atoms with E-state index in [1.54, 1.807) is 10.9 Å². The minimum atomic E-state index is -0.111. The molecule has 0 unspecified atom stereocenters. The number of hydrogen-bond acceptors (Lipinski definition) is 4. The van der Waals surface area contributed by atoms with E-state index in [9.17, 15) is 4.79 Å². The number of benzene rings is 2. The summed E-state index contributed by atoms with van der Waals surface area (Å²) in [5.74, 6) is -0.111. The van der Waals surface area contributed by atoms with E-state index in [-0.39, 0.29) is 5.91 Å². The highest BCUT2D eigenvalue weighted by atomic mass is 35.5. The van der Waals surface area contributed by atoms with Crippen LogP contribution in [0.25, 0.3) is 5.69 Å². The number of nitrogens with zero attached hydrogens (tertiary/aromatic N) is 4. The lowest BCUT2D eigenvalue weighted by Crippen LogP contribution is -2.43. The Kier molecular flexibility index (Phi) is 7.25. The predicted octanol–water partition coefficient (Wildman–Crippen LogP) is 3.77. The van der Waals surface area contributed by atoms with Gasteiger partial charge in [-0.05, 0) is 42.8 Å². The van der Waals surface area contributed by atoms with E-state index in [1.165, 1.54) is 5.56 Å². The van der Waals surface area contributed by atoms with Gasteiger partial charge in [0.2, 0.25) is 0 Å². The van der Waals surface area contributed by atoms with Crippen LogP contribution in [0.4, 0.5) is 0 Å². The monoisotopic (exact) mass is 451 g/mol. The molecule has 4 rings (SSSR count). The highest BCUT2D eigenvalue weighted by molar-refractivity contribution is 6.30. The van der Waals surface area contributed by atoms with Gasteiger partial charge in [0.25, 0.3) is 5.91 Å². The Bertz CT molecular complexity index is 1070. The van der Waals surface area contributed by atoms with Gasteiger partial charge in [0.15, 0.2) is 0 Å². The minimum absolute atomic E-state index is 0.111. The van der Waals surface area contributed by atoms with Crippen molar-refractivity contribution in [1.82, 2.24) is 24.9 Å². The molecule has 2 aromatic carbocycles. The number of piperazine rings is 1. The third kappa shape index (κ3) is 5.38. The minimum Gasteiger partial charge on any atom is -0.348 e. The molecule has 0 saturated carbocycles. The maximum Gasteiger partial charge on any atom is 0.255 e. The molecule has 1 N–H and O–H groups in total. The summed E-state index contributed by atoms with van der Waals surface area (Å²) in [6.45, 7) is 7.86. The fraction of sp³-hybridized carbons (Fsp3) is 0.360. The summed E-state index contributed by atoms with van der Waals surface area (Å²) in [6, 6.07) is 16.0. The second-order valence-electron chi connectivity index (χ2n) is 8.33. The summed E-state index contributed by atoms with van der Waals surface area (Å²) in [5, 5.41) is 8.15. The molecule has 0 atom stereocenters. The van der Waals surface area contributed by atoms with Gasteiger partial charge in [0.05, 0.1) is 23.1 Å². The number of rotatable bonds is 7. The van der Waals surface area contributed by atoms with Crippen LogP contribution in [0, 0.1) is 0 Å². The summed E-state index contributed by atoms with van der Waals surface area (Å²) in [4.78, 5) is 17.8. The van der Waals surface area contributed by atoms with Gasteiger partial charge < -0.3 is 10.2 Å². The van der Waals surface area contributed by atoms with Crippen LogP contribution in [0.3, 0.4) is 0 Å². The summed E-state index contributed by atoms with van der Waals surface area (Å²) >= 11 is 6.13. The molecule has 0 aliphatic carbocycles. The molecule has 2 heterocycles. The fourth-order valence-electron chi connectivity index (χ4n) is 4.11. The lowest BCUT2D eigenvalue weighted by atomic mass is 10.1. The Morgan fingerprint density at radius 1 is 1.06 bits per heavy atom. The molecular weight excluding hydrogens is 422 g/mol. The molecule has 6 nitrogen and oxygen atoms in total. The van der Waals surface area contributed by atoms with Crippen LogP contribution in [-0.4, -0.2) is 58.7 Å². The first-order chi connectivity index (χ1) is 15.5. The summed E-state index contributed by atoms with van der Waals surface area (Å²) < 4.78 is 1.79. The largest absolute Gasteiger partial charge is 0.348 e. The SMILES string of the molecule is CCc1c(C(=O)NCc2cccc(CN3CCN(C)CC3)c2)cnn1-c1cccc(Cl)c1. The first-order valence-electron chi connectivity index (χ1n) is 11.1. The lowest BCUT2D eigenvalue weighted by Gasteiger charge is -2.32. The van der Waals surface area contributed by atoms with Gasteiger partial charge >= 0.3 is 0 Å². The summed E-state index contributed by atoms with van der Waals surface area (Å²) in [7, 11) is 2.17. The van der Waals surface area contributed by atoms with Crippen LogP contribution in [0.1, 0.15) is 34.1 Å². The first kappa shape index (κ1) is 22.5. The quantitative estimate of drug-likeness (QED) is 0.594. The van der Waals surface area contributed by atoms with Gasteiger partial charge in [0.1, 0.15) is 0 Å². The van der Waals surface area contributed by atoms with Gasteiger partial charge in [-0.2, -0.15) is 5.10 Å². The zero-order valence-electron chi connectivity index (χ0n) is 18.7. The Morgan fingerprint density at radius 3 is 2.56 bits per heavy atom. The molecule has 1 aliphatic heterocycles. The lowest BCUT2D eigenvalue weighted by molar-refractivity contribution is 0.0950. The van der Waals surface area contributed by atoms with E-state index in [1.807, 2.05) is 31.2 Å². The van der Waals surface area contributed by atoms with E-state index in [0.29, 0.717) is 23.6 Å². The van der Waals surface area contributed by atoms with Gasteiger partial charge in [-0.15, -0.1) is 0 Å². The van der Waals surface area contributed by atoms with Crippen molar-refractivity contribution in [2.45, 2.75) is 26.4 Å². The normalized spacial score (nSPS) is 15.1. The molecule has 32 heavy (non-hydrogen) atoms. The van der Waals surface area contributed by atoms with Gasteiger partial charge in [-0.25, -0.2) is 4.68 Å². The van der Waals surface area contributed by atoms with Crippen LogP contribution in [-0.2, 0) is 19.5 Å². The average molecular weight is 452 g/mol. The highest BCUT2D eigenvalue weighted by Crippen LogP contribution is 2.19. The van der Waals surface area contributed by atoms with Crippen molar-refractivity contribution in [2.75, 3.05) is 33.2 Å². The molecule has 1 aromatic heterocycles. The van der Waals surface area contributed by atoms with Crippen molar-refractivity contribution < 1.29 is 4.79 Å². The number of nitrogens with one attached hydrogen (secondary N) is 1.